The van der Waals surface area contributed by atoms with E-state index in [1.54, 1.807) is 0 Å². The van der Waals surface area contributed by atoms with Gasteiger partial charge in [0.2, 0.25) is 0 Å². The van der Waals surface area contributed by atoms with E-state index in [0.717, 1.165) is 72.3 Å². The molecule has 0 bridgehead atoms. The van der Waals surface area contributed by atoms with Crippen molar-refractivity contribution in [3.05, 3.63) is 206 Å². The van der Waals surface area contributed by atoms with Gasteiger partial charge >= 0.3 is 0 Å². The number of fused-ring (bicyclic) bond motifs is 5. The number of rotatable bonds is 6. The molecule has 266 valence electrons. The molecule has 0 saturated carbocycles. The van der Waals surface area contributed by atoms with Gasteiger partial charge in [0.1, 0.15) is 11.2 Å². The third-order valence-electron chi connectivity index (χ3n) is 11.0. The Bertz CT molecular complexity index is 3300. The molecule has 2 aromatic heterocycles. The smallest absolute Gasteiger partial charge is 0.160 e. The summed E-state index contributed by atoms with van der Waals surface area (Å²) in [7, 11) is 0. The lowest BCUT2D eigenvalue weighted by Crippen LogP contribution is -1.97. The lowest BCUT2D eigenvalue weighted by molar-refractivity contribution is 0.669. The summed E-state index contributed by atoms with van der Waals surface area (Å²) >= 11 is 0. The van der Waals surface area contributed by atoms with E-state index in [-0.39, 0.29) is 0 Å². The molecule has 0 aliphatic rings. The summed E-state index contributed by atoms with van der Waals surface area (Å²) in [6.45, 7) is 0. The molecule has 11 rings (SSSR count). The van der Waals surface area contributed by atoms with Crippen LogP contribution in [0, 0.1) is 0 Å². The predicted octanol–water partition coefficient (Wildman–Crippen LogP) is 14.7. The molecule has 2 heterocycles. The molecular weight excluding hydrogens is 693 g/mol. The molecule has 9 aromatic carbocycles. The summed E-state index contributed by atoms with van der Waals surface area (Å²) in [5.41, 5.74) is 13.3. The van der Waals surface area contributed by atoms with Gasteiger partial charge in [0.15, 0.2) is 5.82 Å². The molecule has 0 aliphatic heterocycles. The first kappa shape index (κ1) is 32.8. The van der Waals surface area contributed by atoms with E-state index >= 15 is 0 Å². The van der Waals surface area contributed by atoms with Gasteiger partial charge in [-0.25, -0.2) is 9.97 Å². The van der Waals surface area contributed by atoms with Gasteiger partial charge in [0.25, 0.3) is 0 Å². The van der Waals surface area contributed by atoms with E-state index < -0.39 is 0 Å². The van der Waals surface area contributed by atoms with Gasteiger partial charge in [-0.1, -0.05) is 152 Å². The average molecular weight is 727 g/mol. The van der Waals surface area contributed by atoms with Gasteiger partial charge < -0.3 is 4.42 Å². The maximum Gasteiger partial charge on any atom is 0.160 e. The van der Waals surface area contributed by atoms with Crippen molar-refractivity contribution < 1.29 is 4.42 Å². The molecule has 0 aliphatic carbocycles. The highest BCUT2D eigenvalue weighted by molar-refractivity contribution is 6.06. The Balaban J connectivity index is 1.12. The Morgan fingerprint density at radius 3 is 1.75 bits per heavy atom. The Labute approximate surface area is 330 Å². The summed E-state index contributed by atoms with van der Waals surface area (Å²) < 4.78 is 6.23. The second-order valence-electron chi connectivity index (χ2n) is 14.6. The molecule has 3 heteroatoms. The molecule has 0 amide bonds. The largest absolute Gasteiger partial charge is 0.456 e. The van der Waals surface area contributed by atoms with Gasteiger partial charge in [-0.2, -0.15) is 0 Å². The van der Waals surface area contributed by atoms with Crippen molar-refractivity contribution in [2.75, 3.05) is 0 Å². The topological polar surface area (TPSA) is 38.9 Å². The lowest BCUT2D eigenvalue weighted by Gasteiger charge is -2.15. The van der Waals surface area contributed by atoms with Gasteiger partial charge in [-0.05, 0) is 110 Å². The molecule has 0 saturated heterocycles. The molecule has 11 aromatic rings. The SMILES string of the molecule is c1ccc(-c2nc(-c3cccc(-c4ccc5ccccc5c4)c3)cc(-c3cc(-c4ccc5oc6ccccc6c5c4)cc(-c4cccc5ccccc45)c3)n2)cc1. The normalized spacial score (nSPS) is 11.5. The fourth-order valence-electron chi connectivity index (χ4n) is 8.17. The lowest BCUT2D eigenvalue weighted by atomic mass is 9.91. The number of aromatic nitrogens is 2. The standard InChI is InChI=1S/C54H34N2O/c1-2-14-37(15-3-1)54-55-50(42-19-10-18-39(29-42)40-25-24-35-12-4-5-16-38(35)28-40)34-51(56-54)45-31-43(30-44(32-45)47-22-11-17-36-13-6-7-20-46(36)47)41-26-27-53-49(33-41)48-21-8-9-23-52(48)57-53/h1-34H. The second-order valence-corrected chi connectivity index (χ2v) is 14.6. The van der Waals surface area contributed by atoms with Gasteiger partial charge in [0.05, 0.1) is 11.4 Å². The zero-order valence-corrected chi connectivity index (χ0v) is 30.9. The van der Waals surface area contributed by atoms with Crippen molar-refractivity contribution in [3.8, 4) is 67.3 Å². The third-order valence-corrected chi connectivity index (χ3v) is 11.0. The number of furan rings is 1. The fraction of sp³-hybridized carbons (Fsp3) is 0. The van der Waals surface area contributed by atoms with Gasteiger partial charge in [-0.15, -0.1) is 0 Å². The first-order valence-electron chi connectivity index (χ1n) is 19.3. The summed E-state index contributed by atoms with van der Waals surface area (Å²) in [4.78, 5) is 10.5. The van der Waals surface area contributed by atoms with Crippen LogP contribution < -0.4 is 0 Å². The summed E-state index contributed by atoms with van der Waals surface area (Å²) in [5, 5.41) is 7.07. The van der Waals surface area contributed by atoms with Crippen LogP contribution in [0.3, 0.4) is 0 Å². The van der Waals surface area contributed by atoms with E-state index in [4.69, 9.17) is 14.4 Å². The van der Waals surface area contributed by atoms with Crippen LogP contribution in [0.4, 0.5) is 0 Å². The molecule has 3 nitrogen and oxygen atoms in total. The van der Waals surface area contributed by atoms with E-state index in [9.17, 15) is 0 Å². The van der Waals surface area contributed by atoms with Gasteiger partial charge in [-0.3, -0.25) is 0 Å². The maximum absolute atomic E-state index is 6.23. The van der Waals surface area contributed by atoms with Crippen molar-refractivity contribution in [3.63, 3.8) is 0 Å². The Hall–Kier alpha value is -7.62. The molecule has 0 atom stereocenters. The monoisotopic (exact) mass is 726 g/mol. The predicted molar refractivity (Wildman–Crippen MR) is 237 cm³/mol. The zero-order chi connectivity index (χ0) is 37.7. The first-order valence-corrected chi connectivity index (χ1v) is 19.3. The minimum Gasteiger partial charge on any atom is -0.456 e. The zero-order valence-electron chi connectivity index (χ0n) is 30.9. The van der Waals surface area contributed by atoms with Crippen LogP contribution in [0.2, 0.25) is 0 Å². The highest BCUT2D eigenvalue weighted by atomic mass is 16.3. The van der Waals surface area contributed by atoms with E-state index in [1.807, 2.05) is 30.3 Å². The van der Waals surface area contributed by atoms with Crippen LogP contribution in [-0.2, 0) is 0 Å². The highest BCUT2D eigenvalue weighted by Gasteiger charge is 2.16. The minimum absolute atomic E-state index is 0.683. The van der Waals surface area contributed by atoms with Crippen molar-refractivity contribution in [2.24, 2.45) is 0 Å². The van der Waals surface area contributed by atoms with Crippen molar-refractivity contribution >= 4 is 43.5 Å². The van der Waals surface area contributed by atoms with Crippen LogP contribution in [0.5, 0.6) is 0 Å². The first-order chi connectivity index (χ1) is 28.2. The molecule has 0 fully saturated rings. The van der Waals surface area contributed by atoms with Crippen molar-refractivity contribution in [1.29, 1.82) is 0 Å². The third kappa shape index (κ3) is 6.03. The quantitative estimate of drug-likeness (QED) is 0.171. The number of nitrogens with zero attached hydrogens (tertiary/aromatic N) is 2. The van der Waals surface area contributed by atoms with Crippen LogP contribution in [-0.4, -0.2) is 9.97 Å². The Morgan fingerprint density at radius 1 is 0.281 bits per heavy atom. The van der Waals surface area contributed by atoms with E-state index in [0.29, 0.717) is 5.82 Å². The van der Waals surface area contributed by atoms with Crippen LogP contribution >= 0.6 is 0 Å². The van der Waals surface area contributed by atoms with Crippen molar-refractivity contribution in [1.82, 2.24) is 9.97 Å². The fourth-order valence-corrected chi connectivity index (χ4v) is 8.17. The maximum atomic E-state index is 6.23. The Morgan fingerprint density at radius 2 is 0.860 bits per heavy atom. The Kier molecular flexibility index (Phi) is 7.82. The molecular formula is C54H34N2O. The second kappa shape index (κ2) is 13.6. The van der Waals surface area contributed by atoms with E-state index in [2.05, 4.69) is 176 Å². The molecule has 57 heavy (non-hydrogen) atoms. The highest BCUT2D eigenvalue weighted by Crippen LogP contribution is 2.39. The summed E-state index contributed by atoms with van der Waals surface area (Å²) in [5.74, 6) is 0.683. The molecule has 0 radical (unpaired) electrons. The number of para-hydroxylation sites is 1. The summed E-state index contributed by atoms with van der Waals surface area (Å²) in [6, 6.07) is 73.0. The molecule has 0 unspecified atom stereocenters. The van der Waals surface area contributed by atoms with E-state index in [1.165, 1.54) is 32.7 Å². The minimum atomic E-state index is 0.683. The van der Waals surface area contributed by atoms with Crippen LogP contribution in [0.1, 0.15) is 0 Å². The number of benzene rings is 9. The summed E-state index contributed by atoms with van der Waals surface area (Å²) in [6.07, 6.45) is 0. The van der Waals surface area contributed by atoms with Crippen molar-refractivity contribution in [2.45, 2.75) is 0 Å². The van der Waals surface area contributed by atoms with Gasteiger partial charge in [0, 0.05) is 27.5 Å². The molecule has 0 spiro atoms. The van der Waals surface area contributed by atoms with Crippen LogP contribution in [0.25, 0.3) is 111 Å². The number of hydrogen-bond acceptors (Lipinski definition) is 3. The number of hydrogen-bond donors (Lipinski definition) is 0. The molecule has 0 N–H and O–H groups in total. The average Bonchev–Trinajstić information content (AvgIpc) is 3.67. The van der Waals surface area contributed by atoms with Crippen LogP contribution in [0.15, 0.2) is 211 Å².